The molecule has 2 aromatic rings. The molecule has 0 unspecified atom stereocenters. The fourth-order valence-electron chi connectivity index (χ4n) is 4.27. The highest BCUT2D eigenvalue weighted by Gasteiger charge is 2.71. The standard InChI is InChI=1S/C24H22F2N2O5/c25-24(26)19(21(24)22(31)27-11-5-10-20(29)30)12-28-23(32)33-13-18-16-8-3-1-6-14(16)15-7-2-4-9-17(15)18/h1-10,18-19,21H,11-13H2,(H,27,31)(H,28,32)(H,29,30)/b10-5+/t19-,21-/m0/s1. The first-order valence-electron chi connectivity index (χ1n) is 10.4. The minimum atomic E-state index is -3.25. The number of amides is 2. The molecule has 9 heteroatoms. The van der Waals surface area contributed by atoms with Gasteiger partial charge in [-0.1, -0.05) is 54.6 Å². The summed E-state index contributed by atoms with van der Waals surface area (Å²) in [7, 11) is 0. The molecule has 33 heavy (non-hydrogen) atoms. The molecule has 2 aliphatic rings. The van der Waals surface area contributed by atoms with Crippen LogP contribution in [0, 0.1) is 11.8 Å². The average molecular weight is 456 g/mol. The molecule has 0 aromatic heterocycles. The Bertz CT molecular complexity index is 1070. The lowest BCUT2D eigenvalue weighted by atomic mass is 9.98. The highest BCUT2D eigenvalue weighted by Crippen LogP contribution is 2.55. The maximum atomic E-state index is 14.0. The number of alkyl carbamates (subject to hydrolysis) is 1. The Labute approximate surface area is 188 Å². The second kappa shape index (κ2) is 9.01. The topological polar surface area (TPSA) is 105 Å². The molecule has 0 radical (unpaired) electrons. The number of fused-ring (bicyclic) bond motifs is 3. The van der Waals surface area contributed by atoms with Gasteiger partial charge in [-0.2, -0.15) is 0 Å². The Kier molecular flexibility index (Phi) is 6.13. The van der Waals surface area contributed by atoms with Gasteiger partial charge in [0.2, 0.25) is 5.91 Å². The number of alkyl halides is 2. The number of carboxylic acids is 1. The Morgan fingerprint density at radius 2 is 1.61 bits per heavy atom. The zero-order valence-electron chi connectivity index (χ0n) is 17.5. The van der Waals surface area contributed by atoms with Crippen molar-refractivity contribution < 1.29 is 33.0 Å². The largest absolute Gasteiger partial charge is 0.478 e. The van der Waals surface area contributed by atoms with E-state index in [1.54, 1.807) is 0 Å². The number of carbonyl (C=O) groups excluding carboxylic acids is 2. The fraction of sp³-hybridized carbons (Fsp3) is 0.292. The van der Waals surface area contributed by atoms with Gasteiger partial charge in [0.1, 0.15) is 12.5 Å². The van der Waals surface area contributed by atoms with Crippen LogP contribution in [-0.2, 0) is 14.3 Å². The Balaban J connectivity index is 1.28. The molecule has 2 aromatic carbocycles. The third-order valence-electron chi connectivity index (χ3n) is 5.95. The van der Waals surface area contributed by atoms with E-state index in [0.717, 1.165) is 34.4 Å². The third-order valence-corrected chi connectivity index (χ3v) is 5.95. The number of halogens is 2. The lowest BCUT2D eigenvalue weighted by Gasteiger charge is -2.14. The molecule has 172 valence electrons. The highest BCUT2D eigenvalue weighted by molar-refractivity contribution is 5.84. The van der Waals surface area contributed by atoms with E-state index in [2.05, 4.69) is 10.6 Å². The molecular weight excluding hydrogens is 434 g/mol. The molecule has 0 aliphatic heterocycles. The SMILES string of the molecule is O=C(O)/C=C/CNC(=O)[C@@H]1[C@H](CNC(=O)OCC2c3ccccc3-c3ccccc32)C1(F)F. The number of carbonyl (C=O) groups is 3. The van der Waals surface area contributed by atoms with E-state index < -0.39 is 42.3 Å². The minimum absolute atomic E-state index is 0.0563. The van der Waals surface area contributed by atoms with E-state index in [9.17, 15) is 23.2 Å². The lowest BCUT2D eigenvalue weighted by Crippen LogP contribution is -2.30. The third kappa shape index (κ3) is 4.57. The predicted molar refractivity (Wildman–Crippen MR) is 115 cm³/mol. The lowest BCUT2D eigenvalue weighted by molar-refractivity contribution is -0.131. The van der Waals surface area contributed by atoms with Crippen LogP contribution in [0.2, 0.25) is 0 Å². The molecule has 0 spiro atoms. The number of carboxylic acid groups (broad SMARTS) is 1. The molecule has 2 atom stereocenters. The molecule has 2 amide bonds. The van der Waals surface area contributed by atoms with Crippen LogP contribution in [0.1, 0.15) is 17.0 Å². The van der Waals surface area contributed by atoms with Crippen molar-refractivity contribution in [3.63, 3.8) is 0 Å². The number of ether oxygens (including phenoxy) is 1. The van der Waals surface area contributed by atoms with Crippen molar-refractivity contribution >= 4 is 18.0 Å². The maximum absolute atomic E-state index is 14.0. The second-order valence-corrected chi connectivity index (χ2v) is 7.95. The summed E-state index contributed by atoms with van der Waals surface area (Å²) in [6.07, 6.45) is 1.12. The van der Waals surface area contributed by atoms with Crippen molar-refractivity contribution in [2.45, 2.75) is 11.8 Å². The van der Waals surface area contributed by atoms with E-state index in [0.29, 0.717) is 0 Å². The monoisotopic (exact) mass is 456 g/mol. The highest BCUT2D eigenvalue weighted by atomic mass is 19.3. The van der Waals surface area contributed by atoms with Crippen LogP contribution in [0.3, 0.4) is 0 Å². The van der Waals surface area contributed by atoms with Gasteiger partial charge in [0.25, 0.3) is 5.92 Å². The van der Waals surface area contributed by atoms with E-state index in [1.807, 2.05) is 48.5 Å². The summed E-state index contributed by atoms with van der Waals surface area (Å²) in [6, 6.07) is 15.7. The van der Waals surface area contributed by atoms with Crippen molar-refractivity contribution in [1.82, 2.24) is 10.6 Å². The first-order chi connectivity index (χ1) is 15.8. The minimum Gasteiger partial charge on any atom is -0.478 e. The molecule has 2 aliphatic carbocycles. The van der Waals surface area contributed by atoms with Gasteiger partial charge in [-0.25, -0.2) is 18.4 Å². The quantitative estimate of drug-likeness (QED) is 0.530. The van der Waals surface area contributed by atoms with E-state index in [-0.39, 0.29) is 19.1 Å². The van der Waals surface area contributed by atoms with Crippen LogP contribution in [0.25, 0.3) is 11.1 Å². The van der Waals surface area contributed by atoms with Gasteiger partial charge in [0.15, 0.2) is 0 Å². The van der Waals surface area contributed by atoms with Crippen LogP contribution in [-0.4, -0.2) is 48.7 Å². The number of hydrogen-bond acceptors (Lipinski definition) is 4. The number of rotatable bonds is 8. The first kappa shape index (κ1) is 22.4. The summed E-state index contributed by atoms with van der Waals surface area (Å²) in [4.78, 5) is 34.5. The summed E-state index contributed by atoms with van der Waals surface area (Å²) in [5, 5.41) is 13.1. The van der Waals surface area contributed by atoms with Crippen molar-refractivity contribution in [1.29, 1.82) is 0 Å². The molecule has 4 rings (SSSR count). The molecule has 0 saturated heterocycles. The van der Waals surface area contributed by atoms with Gasteiger partial charge in [-0.3, -0.25) is 4.79 Å². The first-order valence-corrected chi connectivity index (χ1v) is 10.4. The Morgan fingerprint density at radius 1 is 1.00 bits per heavy atom. The number of nitrogens with one attached hydrogen (secondary N) is 2. The van der Waals surface area contributed by atoms with Crippen LogP contribution in [0.15, 0.2) is 60.7 Å². The summed E-state index contributed by atoms with van der Waals surface area (Å²) in [5.41, 5.74) is 4.22. The molecular formula is C24H22F2N2O5. The van der Waals surface area contributed by atoms with Gasteiger partial charge >= 0.3 is 12.1 Å². The molecule has 0 heterocycles. The molecule has 1 fully saturated rings. The van der Waals surface area contributed by atoms with E-state index in [4.69, 9.17) is 9.84 Å². The Hall–Kier alpha value is -3.75. The van der Waals surface area contributed by atoms with Crippen LogP contribution in [0.4, 0.5) is 13.6 Å². The van der Waals surface area contributed by atoms with Crippen molar-refractivity contribution in [2.75, 3.05) is 19.7 Å². The van der Waals surface area contributed by atoms with Crippen molar-refractivity contribution in [3.05, 3.63) is 71.8 Å². The zero-order valence-corrected chi connectivity index (χ0v) is 17.5. The summed E-state index contributed by atoms with van der Waals surface area (Å²) < 4.78 is 33.3. The van der Waals surface area contributed by atoms with Gasteiger partial charge in [0, 0.05) is 25.1 Å². The van der Waals surface area contributed by atoms with Crippen LogP contribution < -0.4 is 10.6 Å². The van der Waals surface area contributed by atoms with E-state index >= 15 is 0 Å². The summed E-state index contributed by atoms with van der Waals surface area (Å²) in [5.74, 6) is -8.42. The number of aliphatic carboxylic acids is 1. The van der Waals surface area contributed by atoms with Gasteiger partial charge in [0.05, 0.1) is 5.92 Å². The second-order valence-electron chi connectivity index (χ2n) is 7.95. The smallest absolute Gasteiger partial charge is 0.407 e. The van der Waals surface area contributed by atoms with Crippen LogP contribution in [0.5, 0.6) is 0 Å². The van der Waals surface area contributed by atoms with Gasteiger partial charge in [-0.15, -0.1) is 0 Å². The molecule has 1 saturated carbocycles. The average Bonchev–Trinajstić information content (AvgIpc) is 3.20. The van der Waals surface area contributed by atoms with Gasteiger partial charge < -0.3 is 20.5 Å². The summed E-state index contributed by atoms with van der Waals surface area (Å²) in [6.45, 7) is -0.530. The predicted octanol–water partition coefficient (Wildman–Crippen LogP) is 3.16. The van der Waals surface area contributed by atoms with E-state index in [1.165, 1.54) is 0 Å². The zero-order chi connectivity index (χ0) is 23.6. The number of hydrogen-bond donors (Lipinski definition) is 3. The Morgan fingerprint density at radius 3 is 2.21 bits per heavy atom. The summed E-state index contributed by atoms with van der Waals surface area (Å²) >= 11 is 0. The van der Waals surface area contributed by atoms with Crippen LogP contribution >= 0.6 is 0 Å². The van der Waals surface area contributed by atoms with Crippen molar-refractivity contribution in [2.24, 2.45) is 11.8 Å². The molecule has 0 bridgehead atoms. The number of benzene rings is 2. The van der Waals surface area contributed by atoms with Crippen molar-refractivity contribution in [3.8, 4) is 11.1 Å². The molecule has 3 N–H and O–H groups in total. The molecule has 7 nitrogen and oxygen atoms in total. The maximum Gasteiger partial charge on any atom is 0.407 e. The van der Waals surface area contributed by atoms with Gasteiger partial charge in [-0.05, 0) is 22.3 Å². The normalized spacial score (nSPS) is 20.1. The fourth-order valence-corrected chi connectivity index (χ4v) is 4.27.